The van der Waals surface area contributed by atoms with Crippen LogP contribution in [0.2, 0.25) is 0 Å². The Morgan fingerprint density at radius 2 is 0.922 bits per heavy atom. The van der Waals surface area contributed by atoms with Gasteiger partial charge in [0, 0.05) is 49.2 Å². The van der Waals surface area contributed by atoms with Crippen LogP contribution < -0.4 is 0 Å². The quantitative estimate of drug-likeness (QED) is 0.174. The molecule has 0 unspecified atom stereocenters. The van der Waals surface area contributed by atoms with Gasteiger partial charge >= 0.3 is 0 Å². The molecule has 0 radical (unpaired) electrons. The Morgan fingerprint density at radius 3 is 1.65 bits per heavy atom. The molecule has 0 aliphatic heterocycles. The Hall–Kier alpha value is -6.91. The lowest BCUT2D eigenvalue weighted by atomic mass is 9.94. The fourth-order valence-electron chi connectivity index (χ4n) is 7.21. The molecule has 0 saturated heterocycles. The maximum absolute atomic E-state index is 6.37. The summed E-state index contributed by atoms with van der Waals surface area (Å²) >= 11 is 0. The Morgan fingerprint density at radius 1 is 0.333 bits per heavy atom. The van der Waals surface area contributed by atoms with Crippen molar-refractivity contribution in [1.82, 2.24) is 15.0 Å². The standard InChI is InChI=1S/C47H29N3O/c1-4-12-31(13-5-1)40-29-41(50-47(49-40)34-16-8-3-9-17-34)32-22-20-30(21-23-32)35-24-26-39-38(28-35)44-37(46(48-39)33-14-6-2-7-15-33)25-27-43-45(44)36-18-10-11-19-42(36)51-43/h1-29H. The summed E-state index contributed by atoms with van der Waals surface area (Å²) in [5, 5.41) is 5.58. The first-order chi connectivity index (χ1) is 25.3. The predicted molar refractivity (Wildman–Crippen MR) is 209 cm³/mol. The molecule has 3 heterocycles. The number of benzene rings is 7. The molecule has 7 aromatic carbocycles. The van der Waals surface area contributed by atoms with Crippen molar-refractivity contribution < 1.29 is 4.42 Å². The van der Waals surface area contributed by atoms with E-state index in [0.717, 1.165) is 94.1 Å². The lowest BCUT2D eigenvalue weighted by Gasteiger charge is -2.13. The van der Waals surface area contributed by atoms with Gasteiger partial charge in [-0.2, -0.15) is 0 Å². The normalized spacial score (nSPS) is 11.5. The molecular formula is C47H29N3O. The first kappa shape index (κ1) is 29.0. The molecule has 4 heteroatoms. The molecule has 0 N–H and O–H groups in total. The maximum Gasteiger partial charge on any atom is 0.160 e. The highest BCUT2D eigenvalue weighted by molar-refractivity contribution is 6.28. The number of pyridine rings is 1. The molecule has 0 amide bonds. The van der Waals surface area contributed by atoms with Crippen molar-refractivity contribution >= 4 is 43.6 Å². The first-order valence-electron chi connectivity index (χ1n) is 17.1. The zero-order valence-corrected chi connectivity index (χ0v) is 27.5. The third-order valence-electron chi connectivity index (χ3n) is 9.69. The van der Waals surface area contributed by atoms with Gasteiger partial charge in [-0.25, -0.2) is 15.0 Å². The van der Waals surface area contributed by atoms with Crippen LogP contribution in [0.15, 0.2) is 180 Å². The van der Waals surface area contributed by atoms with Crippen molar-refractivity contribution in [3.63, 3.8) is 0 Å². The van der Waals surface area contributed by atoms with Crippen LogP contribution in [0.1, 0.15) is 0 Å². The summed E-state index contributed by atoms with van der Waals surface area (Å²) in [7, 11) is 0. The van der Waals surface area contributed by atoms with Crippen LogP contribution in [-0.4, -0.2) is 15.0 Å². The first-order valence-corrected chi connectivity index (χ1v) is 17.1. The molecule has 0 atom stereocenters. The lowest BCUT2D eigenvalue weighted by molar-refractivity contribution is 0.669. The van der Waals surface area contributed by atoms with Gasteiger partial charge in [0.25, 0.3) is 0 Å². The van der Waals surface area contributed by atoms with Gasteiger partial charge in [-0.3, -0.25) is 0 Å². The number of aromatic nitrogens is 3. The number of para-hydroxylation sites is 1. The molecule has 238 valence electrons. The van der Waals surface area contributed by atoms with Crippen molar-refractivity contribution in [2.45, 2.75) is 0 Å². The minimum atomic E-state index is 0.706. The zero-order chi connectivity index (χ0) is 33.7. The number of fused-ring (bicyclic) bond motifs is 7. The van der Waals surface area contributed by atoms with E-state index in [0.29, 0.717) is 5.82 Å². The van der Waals surface area contributed by atoms with Crippen molar-refractivity contribution in [2.24, 2.45) is 0 Å². The summed E-state index contributed by atoms with van der Waals surface area (Å²) in [5.74, 6) is 0.706. The van der Waals surface area contributed by atoms with Gasteiger partial charge in [0.05, 0.1) is 22.6 Å². The summed E-state index contributed by atoms with van der Waals surface area (Å²) in [6.07, 6.45) is 0. The van der Waals surface area contributed by atoms with Gasteiger partial charge in [0.2, 0.25) is 0 Å². The Kier molecular flexibility index (Phi) is 6.78. The number of hydrogen-bond acceptors (Lipinski definition) is 4. The van der Waals surface area contributed by atoms with Gasteiger partial charge < -0.3 is 4.42 Å². The minimum Gasteiger partial charge on any atom is -0.456 e. The van der Waals surface area contributed by atoms with Crippen molar-refractivity contribution in [2.75, 3.05) is 0 Å². The van der Waals surface area contributed by atoms with Crippen LogP contribution in [-0.2, 0) is 0 Å². The van der Waals surface area contributed by atoms with Crippen LogP contribution in [0.25, 0.3) is 99.9 Å². The topological polar surface area (TPSA) is 51.8 Å². The second kappa shape index (κ2) is 11.9. The minimum absolute atomic E-state index is 0.706. The second-order valence-electron chi connectivity index (χ2n) is 12.8. The van der Waals surface area contributed by atoms with E-state index in [1.807, 2.05) is 54.6 Å². The molecule has 3 aromatic heterocycles. The van der Waals surface area contributed by atoms with E-state index in [2.05, 4.69) is 121 Å². The highest BCUT2D eigenvalue weighted by Gasteiger charge is 2.18. The van der Waals surface area contributed by atoms with Crippen LogP contribution in [0, 0.1) is 0 Å². The van der Waals surface area contributed by atoms with Crippen LogP contribution in [0.4, 0.5) is 0 Å². The molecule has 0 fully saturated rings. The fraction of sp³-hybridized carbons (Fsp3) is 0. The molecule has 0 aliphatic carbocycles. The molecule has 10 aromatic rings. The number of furan rings is 1. The fourth-order valence-corrected chi connectivity index (χ4v) is 7.21. The van der Waals surface area contributed by atoms with Gasteiger partial charge in [-0.1, -0.05) is 140 Å². The van der Waals surface area contributed by atoms with Gasteiger partial charge in [0.1, 0.15) is 11.2 Å². The van der Waals surface area contributed by atoms with Crippen molar-refractivity contribution in [3.8, 4) is 56.3 Å². The summed E-state index contributed by atoms with van der Waals surface area (Å²) in [4.78, 5) is 15.2. The smallest absolute Gasteiger partial charge is 0.160 e. The Bertz CT molecular complexity index is 2820. The van der Waals surface area contributed by atoms with Crippen LogP contribution in [0.3, 0.4) is 0 Å². The average molecular weight is 652 g/mol. The van der Waals surface area contributed by atoms with Crippen molar-refractivity contribution in [1.29, 1.82) is 0 Å². The molecule has 0 spiro atoms. The zero-order valence-electron chi connectivity index (χ0n) is 27.5. The van der Waals surface area contributed by atoms with E-state index < -0.39 is 0 Å². The van der Waals surface area contributed by atoms with Crippen LogP contribution >= 0.6 is 0 Å². The largest absolute Gasteiger partial charge is 0.456 e. The number of hydrogen-bond donors (Lipinski definition) is 0. The summed E-state index contributed by atoms with van der Waals surface area (Å²) in [6, 6.07) is 60.8. The molecule has 0 saturated carbocycles. The summed E-state index contributed by atoms with van der Waals surface area (Å²) < 4.78 is 6.37. The molecule has 10 rings (SSSR count). The number of rotatable bonds is 5. The summed E-state index contributed by atoms with van der Waals surface area (Å²) in [6.45, 7) is 0. The third kappa shape index (κ3) is 5.04. The average Bonchev–Trinajstić information content (AvgIpc) is 3.60. The highest BCUT2D eigenvalue weighted by atomic mass is 16.3. The number of nitrogens with zero attached hydrogens (tertiary/aromatic N) is 3. The van der Waals surface area contributed by atoms with E-state index in [9.17, 15) is 0 Å². The third-order valence-corrected chi connectivity index (χ3v) is 9.69. The lowest BCUT2D eigenvalue weighted by Crippen LogP contribution is -1.95. The van der Waals surface area contributed by atoms with Gasteiger partial charge in [-0.05, 0) is 47.5 Å². The molecular weight excluding hydrogens is 623 g/mol. The van der Waals surface area contributed by atoms with Crippen molar-refractivity contribution in [3.05, 3.63) is 176 Å². The second-order valence-corrected chi connectivity index (χ2v) is 12.8. The van der Waals surface area contributed by atoms with E-state index in [4.69, 9.17) is 19.4 Å². The predicted octanol–water partition coefficient (Wildman–Crippen LogP) is 12.4. The SMILES string of the molecule is c1ccc(-c2cc(-c3ccc(-c4ccc5nc(-c6ccccc6)c6ccc7oc8ccccc8c7c6c5c4)cc3)nc(-c3ccccc3)n2)cc1. The maximum atomic E-state index is 6.37. The Balaban J connectivity index is 1.13. The monoisotopic (exact) mass is 651 g/mol. The van der Waals surface area contributed by atoms with E-state index in [1.165, 1.54) is 0 Å². The van der Waals surface area contributed by atoms with Gasteiger partial charge in [0.15, 0.2) is 5.82 Å². The molecule has 0 bridgehead atoms. The highest BCUT2D eigenvalue weighted by Crippen LogP contribution is 2.42. The Labute approximate surface area is 294 Å². The van der Waals surface area contributed by atoms with E-state index in [-0.39, 0.29) is 0 Å². The molecule has 4 nitrogen and oxygen atoms in total. The van der Waals surface area contributed by atoms with E-state index >= 15 is 0 Å². The van der Waals surface area contributed by atoms with Gasteiger partial charge in [-0.15, -0.1) is 0 Å². The molecule has 51 heavy (non-hydrogen) atoms. The molecule has 0 aliphatic rings. The van der Waals surface area contributed by atoms with E-state index in [1.54, 1.807) is 0 Å². The summed E-state index contributed by atoms with van der Waals surface area (Å²) in [5.41, 5.74) is 11.8. The van der Waals surface area contributed by atoms with Crippen LogP contribution in [0.5, 0.6) is 0 Å².